The summed E-state index contributed by atoms with van der Waals surface area (Å²) in [6.07, 6.45) is 0. The van der Waals surface area contributed by atoms with Gasteiger partial charge in [-0.3, -0.25) is 24.6 Å². The molecule has 2 amide bonds. The summed E-state index contributed by atoms with van der Waals surface area (Å²) in [5, 5.41) is 13.5. The van der Waals surface area contributed by atoms with E-state index in [2.05, 4.69) is 5.32 Å². The second kappa shape index (κ2) is 6.60. The number of benzene rings is 2. The van der Waals surface area contributed by atoms with E-state index in [1.165, 1.54) is 23.1 Å². The number of nitro groups is 1. The first kappa shape index (κ1) is 16.4. The minimum atomic E-state index is -0.479. The summed E-state index contributed by atoms with van der Waals surface area (Å²) in [4.78, 5) is 35.9. The molecule has 2 aromatic rings. The quantitative estimate of drug-likeness (QED) is 0.679. The Bertz CT molecular complexity index is 865. The molecular formula is C17H15N3O5. The lowest BCUT2D eigenvalue weighted by Crippen LogP contribution is -2.44. The van der Waals surface area contributed by atoms with E-state index >= 15 is 0 Å². The number of nitro benzene ring substituents is 1. The molecule has 1 aliphatic rings. The van der Waals surface area contributed by atoms with E-state index in [1.54, 1.807) is 31.2 Å². The van der Waals surface area contributed by atoms with Crippen molar-refractivity contribution in [3.63, 3.8) is 0 Å². The first-order chi connectivity index (χ1) is 12.0. The molecule has 0 spiro atoms. The van der Waals surface area contributed by atoms with Gasteiger partial charge in [0.05, 0.1) is 16.3 Å². The number of carbonyl (C=O) groups excluding carboxylic acids is 2. The second-order valence-corrected chi connectivity index (χ2v) is 5.54. The maximum atomic E-state index is 12.5. The third-order valence-corrected chi connectivity index (χ3v) is 3.80. The molecule has 0 saturated heterocycles. The molecule has 0 radical (unpaired) electrons. The van der Waals surface area contributed by atoms with Gasteiger partial charge in [0, 0.05) is 11.6 Å². The van der Waals surface area contributed by atoms with E-state index in [9.17, 15) is 19.7 Å². The smallest absolute Gasteiger partial charge is 0.272 e. The molecule has 25 heavy (non-hydrogen) atoms. The van der Waals surface area contributed by atoms with Crippen LogP contribution in [0.3, 0.4) is 0 Å². The predicted octanol–water partition coefficient (Wildman–Crippen LogP) is 2.27. The number of aryl methyl sites for hydroxylation is 1. The van der Waals surface area contributed by atoms with Crippen molar-refractivity contribution in [2.45, 2.75) is 6.92 Å². The lowest BCUT2D eigenvalue weighted by Gasteiger charge is -2.29. The van der Waals surface area contributed by atoms with Crippen LogP contribution < -0.4 is 15.0 Å². The molecule has 0 saturated carbocycles. The fourth-order valence-electron chi connectivity index (χ4n) is 2.60. The van der Waals surface area contributed by atoms with Gasteiger partial charge in [-0.25, -0.2) is 0 Å². The van der Waals surface area contributed by atoms with Crippen LogP contribution in [0, 0.1) is 17.0 Å². The lowest BCUT2D eigenvalue weighted by molar-refractivity contribution is -0.385. The van der Waals surface area contributed by atoms with Gasteiger partial charge in [0.2, 0.25) is 5.91 Å². The lowest BCUT2D eigenvalue weighted by atomic mass is 10.2. The Kier molecular flexibility index (Phi) is 4.34. The number of rotatable bonds is 4. The number of nitrogens with one attached hydrogen (secondary N) is 1. The first-order valence-electron chi connectivity index (χ1n) is 7.53. The Morgan fingerprint density at radius 2 is 2.08 bits per heavy atom. The van der Waals surface area contributed by atoms with E-state index in [0.29, 0.717) is 22.7 Å². The van der Waals surface area contributed by atoms with Crippen molar-refractivity contribution in [1.29, 1.82) is 0 Å². The summed E-state index contributed by atoms with van der Waals surface area (Å²) < 4.78 is 5.44. The standard InChI is InChI=1S/C17H15N3O5/c1-11-8-12(6-7-14(11)20(23)24)25-10-17(22)19-9-16(21)18-13-4-2-3-5-15(13)19/h2-8H,9-10H2,1H3,(H,18,21). The molecular weight excluding hydrogens is 326 g/mol. The molecule has 2 aromatic carbocycles. The van der Waals surface area contributed by atoms with Gasteiger partial charge in [0.1, 0.15) is 12.3 Å². The Labute approximate surface area is 143 Å². The maximum absolute atomic E-state index is 12.5. The van der Waals surface area contributed by atoms with Gasteiger partial charge < -0.3 is 10.1 Å². The van der Waals surface area contributed by atoms with Crippen molar-refractivity contribution in [3.05, 3.63) is 58.1 Å². The highest BCUT2D eigenvalue weighted by atomic mass is 16.6. The van der Waals surface area contributed by atoms with E-state index in [1.807, 2.05) is 0 Å². The number of carbonyl (C=O) groups is 2. The molecule has 128 valence electrons. The number of ether oxygens (including phenoxy) is 1. The maximum Gasteiger partial charge on any atom is 0.272 e. The van der Waals surface area contributed by atoms with Crippen LogP contribution in [0.25, 0.3) is 0 Å². The molecule has 1 heterocycles. The number of fused-ring (bicyclic) bond motifs is 1. The van der Waals surface area contributed by atoms with Crippen molar-refractivity contribution in [2.75, 3.05) is 23.4 Å². The van der Waals surface area contributed by atoms with Crippen LogP contribution in [-0.4, -0.2) is 29.9 Å². The van der Waals surface area contributed by atoms with Crippen LogP contribution in [0.15, 0.2) is 42.5 Å². The predicted molar refractivity (Wildman–Crippen MR) is 90.8 cm³/mol. The molecule has 0 fully saturated rings. The minimum Gasteiger partial charge on any atom is -0.484 e. The Morgan fingerprint density at radius 1 is 1.32 bits per heavy atom. The Hall–Kier alpha value is -3.42. The highest BCUT2D eigenvalue weighted by Crippen LogP contribution is 2.29. The van der Waals surface area contributed by atoms with Crippen molar-refractivity contribution >= 4 is 28.9 Å². The average Bonchev–Trinajstić information content (AvgIpc) is 2.58. The van der Waals surface area contributed by atoms with Gasteiger partial charge in [0.15, 0.2) is 6.61 Å². The molecule has 3 rings (SSSR count). The fourth-order valence-corrected chi connectivity index (χ4v) is 2.60. The fraction of sp³-hybridized carbons (Fsp3) is 0.176. The van der Waals surface area contributed by atoms with Gasteiger partial charge in [-0.2, -0.15) is 0 Å². The van der Waals surface area contributed by atoms with Crippen molar-refractivity contribution in [1.82, 2.24) is 0 Å². The number of anilines is 2. The largest absolute Gasteiger partial charge is 0.484 e. The molecule has 8 nitrogen and oxygen atoms in total. The molecule has 8 heteroatoms. The van der Waals surface area contributed by atoms with Gasteiger partial charge in [-0.1, -0.05) is 12.1 Å². The van der Waals surface area contributed by atoms with E-state index in [0.717, 1.165) is 0 Å². The Morgan fingerprint density at radius 3 is 2.80 bits per heavy atom. The van der Waals surface area contributed by atoms with Crippen LogP contribution >= 0.6 is 0 Å². The van der Waals surface area contributed by atoms with Crippen molar-refractivity contribution < 1.29 is 19.2 Å². The monoisotopic (exact) mass is 341 g/mol. The number of hydrogen-bond acceptors (Lipinski definition) is 5. The third-order valence-electron chi connectivity index (χ3n) is 3.80. The topological polar surface area (TPSA) is 102 Å². The third kappa shape index (κ3) is 3.42. The highest BCUT2D eigenvalue weighted by Gasteiger charge is 2.26. The number of amides is 2. The number of nitrogens with zero attached hydrogens (tertiary/aromatic N) is 2. The summed E-state index contributed by atoms with van der Waals surface area (Å²) in [5.74, 6) is -0.303. The SMILES string of the molecule is Cc1cc(OCC(=O)N2CC(=O)Nc3ccccc32)ccc1[N+](=O)[O-]. The molecule has 0 bridgehead atoms. The second-order valence-electron chi connectivity index (χ2n) is 5.54. The highest BCUT2D eigenvalue weighted by molar-refractivity contribution is 6.10. The number of para-hydroxylation sites is 2. The van der Waals surface area contributed by atoms with Crippen molar-refractivity contribution in [3.8, 4) is 5.75 Å². The van der Waals surface area contributed by atoms with Crippen LogP contribution in [0.5, 0.6) is 5.75 Å². The molecule has 0 aromatic heterocycles. The van der Waals surface area contributed by atoms with Crippen molar-refractivity contribution in [2.24, 2.45) is 0 Å². The van der Waals surface area contributed by atoms with Crippen LogP contribution in [0.2, 0.25) is 0 Å². The van der Waals surface area contributed by atoms with Crippen LogP contribution in [-0.2, 0) is 9.59 Å². The molecule has 0 unspecified atom stereocenters. The van der Waals surface area contributed by atoms with E-state index in [4.69, 9.17) is 4.74 Å². The molecule has 0 atom stereocenters. The van der Waals surface area contributed by atoms with Crippen LogP contribution in [0.4, 0.5) is 17.1 Å². The summed E-state index contributed by atoms with van der Waals surface area (Å²) in [5.41, 5.74) is 1.60. The summed E-state index contributed by atoms with van der Waals surface area (Å²) in [6, 6.07) is 11.3. The molecule has 1 N–H and O–H groups in total. The number of hydrogen-bond donors (Lipinski definition) is 1. The van der Waals surface area contributed by atoms with Gasteiger partial charge in [-0.05, 0) is 31.2 Å². The van der Waals surface area contributed by atoms with E-state index in [-0.39, 0.29) is 30.7 Å². The van der Waals surface area contributed by atoms with Gasteiger partial charge >= 0.3 is 0 Å². The minimum absolute atomic E-state index is 0.0136. The zero-order chi connectivity index (χ0) is 18.0. The molecule has 1 aliphatic heterocycles. The van der Waals surface area contributed by atoms with Crippen LogP contribution in [0.1, 0.15) is 5.56 Å². The van der Waals surface area contributed by atoms with E-state index < -0.39 is 4.92 Å². The normalized spacial score (nSPS) is 13.0. The Balaban J connectivity index is 1.72. The molecule has 0 aliphatic carbocycles. The average molecular weight is 341 g/mol. The van der Waals surface area contributed by atoms with Gasteiger partial charge in [-0.15, -0.1) is 0 Å². The summed E-state index contributed by atoms with van der Waals surface area (Å²) in [7, 11) is 0. The summed E-state index contributed by atoms with van der Waals surface area (Å²) >= 11 is 0. The first-order valence-corrected chi connectivity index (χ1v) is 7.53. The zero-order valence-corrected chi connectivity index (χ0v) is 13.4. The van der Waals surface area contributed by atoms with Gasteiger partial charge in [0.25, 0.3) is 11.6 Å². The zero-order valence-electron chi connectivity index (χ0n) is 13.4. The summed E-state index contributed by atoms with van der Waals surface area (Å²) in [6.45, 7) is 1.23.